The highest BCUT2D eigenvalue weighted by atomic mass is 16.6. The lowest BCUT2D eigenvalue weighted by Crippen LogP contribution is -2.61. The third-order valence-corrected chi connectivity index (χ3v) is 8.51. The van der Waals surface area contributed by atoms with Crippen molar-refractivity contribution in [1.29, 1.82) is 0 Å². The highest BCUT2D eigenvalue weighted by Crippen LogP contribution is 2.66. The van der Waals surface area contributed by atoms with Crippen LogP contribution in [0.4, 0.5) is 0 Å². The Kier molecular flexibility index (Phi) is 5.30. The van der Waals surface area contributed by atoms with Gasteiger partial charge in [0, 0.05) is 43.4 Å². The minimum Gasteiger partial charge on any atom is -0.458 e. The molecule has 172 valence electrons. The SMILES string of the molecule is CC(=O)OCC(=O)[C@@]1(OC(C)=O)CC[C@H]2[C@@H]3CC=C4CC(=O)C=C[C@]4(C)[C@H]3C(=O)C[C@@]21C. The first-order valence-electron chi connectivity index (χ1n) is 11.2. The van der Waals surface area contributed by atoms with Crippen molar-refractivity contribution in [2.24, 2.45) is 28.6 Å². The molecule has 4 aliphatic rings. The molecular formula is C25H30O7. The third-order valence-electron chi connectivity index (χ3n) is 8.51. The molecule has 0 aromatic carbocycles. The van der Waals surface area contributed by atoms with Gasteiger partial charge in [0.1, 0.15) is 5.78 Å². The zero-order valence-electron chi connectivity index (χ0n) is 19.1. The third kappa shape index (κ3) is 3.11. The number of hydrogen-bond acceptors (Lipinski definition) is 7. The van der Waals surface area contributed by atoms with Crippen molar-refractivity contribution in [2.75, 3.05) is 6.61 Å². The van der Waals surface area contributed by atoms with Crippen molar-refractivity contribution in [3.05, 3.63) is 23.8 Å². The van der Waals surface area contributed by atoms with Crippen LogP contribution in [0.5, 0.6) is 0 Å². The molecule has 2 saturated carbocycles. The van der Waals surface area contributed by atoms with Crippen LogP contribution in [-0.4, -0.2) is 41.5 Å². The largest absolute Gasteiger partial charge is 0.458 e. The van der Waals surface area contributed by atoms with Crippen molar-refractivity contribution in [1.82, 2.24) is 0 Å². The molecule has 0 aromatic rings. The first-order valence-corrected chi connectivity index (χ1v) is 11.2. The normalized spacial score (nSPS) is 40.0. The van der Waals surface area contributed by atoms with Crippen LogP contribution in [-0.2, 0) is 33.4 Å². The van der Waals surface area contributed by atoms with Gasteiger partial charge >= 0.3 is 11.9 Å². The summed E-state index contributed by atoms with van der Waals surface area (Å²) in [5, 5.41) is 0. The molecule has 0 radical (unpaired) electrons. The maximum absolute atomic E-state index is 13.7. The molecule has 32 heavy (non-hydrogen) atoms. The molecule has 0 N–H and O–H groups in total. The Morgan fingerprint density at radius 1 is 1.12 bits per heavy atom. The Labute approximate surface area is 187 Å². The summed E-state index contributed by atoms with van der Waals surface area (Å²) in [5.74, 6) is -1.90. The van der Waals surface area contributed by atoms with Gasteiger partial charge in [-0.25, -0.2) is 0 Å². The van der Waals surface area contributed by atoms with E-state index in [1.807, 2.05) is 19.9 Å². The number of carbonyl (C=O) groups excluding carboxylic acids is 5. The standard InChI is InChI=1S/C25H30O7/c1-14(26)31-13-21(30)25(32-15(2)27)10-8-19-18-6-5-16-11-17(28)7-9-23(16,3)22(18)20(29)12-24(19,25)4/h5,7,9,18-19,22H,6,8,10-13H2,1-4H3/t18-,19-,22+,23-,24-,25-/m0/s1. The maximum Gasteiger partial charge on any atom is 0.303 e. The quantitative estimate of drug-likeness (QED) is 0.487. The van der Waals surface area contributed by atoms with E-state index in [0.29, 0.717) is 25.7 Å². The van der Waals surface area contributed by atoms with Gasteiger partial charge in [0.2, 0.25) is 5.78 Å². The molecule has 2 fully saturated rings. The summed E-state index contributed by atoms with van der Waals surface area (Å²) in [6.07, 6.45) is 7.57. The van der Waals surface area contributed by atoms with Crippen molar-refractivity contribution in [2.45, 2.75) is 65.4 Å². The summed E-state index contributed by atoms with van der Waals surface area (Å²) in [5.41, 5.74) is -1.89. The van der Waals surface area contributed by atoms with Crippen LogP contribution in [0.2, 0.25) is 0 Å². The van der Waals surface area contributed by atoms with E-state index in [9.17, 15) is 24.0 Å². The van der Waals surface area contributed by atoms with Gasteiger partial charge in [-0.05, 0) is 37.2 Å². The van der Waals surface area contributed by atoms with Crippen molar-refractivity contribution >= 4 is 29.3 Å². The molecule has 7 nitrogen and oxygen atoms in total. The molecular weight excluding hydrogens is 412 g/mol. The van der Waals surface area contributed by atoms with Crippen LogP contribution in [0.1, 0.15) is 59.8 Å². The average Bonchev–Trinajstić information content (AvgIpc) is 2.98. The number of Topliss-reactive ketones (excluding diaryl/α,β-unsaturated/α-hetero) is 2. The zero-order chi connectivity index (χ0) is 23.5. The number of allylic oxidation sites excluding steroid dienone is 4. The topological polar surface area (TPSA) is 104 Å². The number of hydrogen-bond donors (Lipinski definition) is 0. The molecule has 0 saturated heterocycles. The fourth-order valence-electron chi connectivity index (χ4n) is 7.14. The summed E-state index contributed by atoms with van der Waals surface area (Å²) in [4.78, 5) is 62.4. The van der Waals surface area contributed by atoms with E-state index in [1.165, 1.54) is 13.8 Å². The lowest BCUT2D eigenvalue weighted by Gasteiger charge is -2.56. The summed E-state index contributed by atoms with van der Waals surface area (Å²) in [7, 11) is 0. The first-order chi connectivity index (χ1) is 14.9. The molecule has 0 unspecified atom stereocenters. The van der Waals surface area contributed by atoms with Gasteiger partial charge in [-0.1, -0.05) is 31.6 Å². The van der Waals surface area contributed by atoms with E-state index in [0.717, 1.165) is 5.57 Å². The second kappa shape index (κ2) is 7.49. The average molecular weight is 443 g/mol. The van der Waals surface area contributed by atoms with Gasteiger partial charge in [0.05, 0.1) is 0 Å². The van der Waals surface area contributed by atoms with Crippen molar-refractivity contribution < 1.29 is 33.4 Å². The van der Waals surface area contributed by atoms with Gasteiger partial charge in [0.25, 0.3) is 0 Å². The van der Waals surface area contributed by atoms with E-state index in [1.54, 1.807) is 6.08 Å². The van der Waals surface area contributed by atoms with Gasteiger partial charge in [-0.15, -0.1) is 0 Å². The highest BCUT2D eigenvalue weighted by Gasteiger charge is 2.70. The van der Waals surface area contributed by atoms with E-state index in [4.69, 9.17) is 9.47 Å². The van der Waals surface area contributed by atoms with Crippen LogP contribution in [0, 0.1) is 28.6 Å². The van der Waals surface area contributed by atoms with Gasteiger partial charge in [-0.3, -0.25) is 24.0 Å². The Bertz CT molecular complexity index is 975. The summed E-state index contributed by atoms with van der Waals surface area (Å²) in [6.45, 7) is 5.88. The Balaban J connectivity index is 1.75. The number of carbonyl (C=O) groups is 5. The van der Waals surface area contributed by atoms with Crippen LogP contribution in [0.3, 0.4) is 0 Å². The number of ether oxygens (including phenoxy) is 2. The predicted octanol–water partition coefficient (Wildman–Crippen LogP) is 2.91. The Morgan fingerprint density at radius 3 is 2.50 bits per heavy atom. The molecule has 0 heterocycles. The zero-order valence-corrected chi connectivity index (χ0v) is 19.1. The van der Waals surface area contributed by atoms with E-state index in [-0.39, 0.29) is 35.7 Å². The van der Waals surface area contributed by atoms with Gasteiger partial charge in [0.15, 0.2) is 18.0 Å². The summed E-state index contributed by atoms with van der Waals surface area (Å²) < 4.78 is 10.7. The van der Waals surface area contributed by atoms with E-state index >= 15 is 0 Å². The van der Waals surface area contributed by atoms with Crippen molar-refractivity contribution in [3.63, 3.8) is 0 Å². The van der Waals surface area contributed by atoms with Gasteiger partial charge < -0.3 is 9.47 Å². The number of esters is 2. The number of fused-ring (bicyclic) bond motifs is 5. The smallest absolute Gasteiger partial charge is 0.303 e. The van der Waals surface area contributed by atoms with Gasteiger partial charge in [-0.2, -0.15) is 0 Å². The molecule has 7 heteroatoms. The fourth-order valence-corrected chi connectivity index (χ4v) is 7.14. The fraction of sp³-hybridized carbons (Fsp3) is 0.640. The van der Waals surface area contributed by atoms with Crippen LogP contribution in [0.15, 0.2) is 23.8 Å². The predicted molar refractivity (Wildman–Crippen MR) is 113 cm³/mol. The second-order valence-electron chi connectivity index (χ2n) is 10.2. The van der Waals surface area contributed by atoms with Crippen LogP contribution < -0.4 is 0 Å². The molecule has 0 amide bonds. The first kappa shape index (κ1) is 22.6. The molecule has 4 rings (SSSR count). The molecule has 0 bridgehead atoms. The van der Waals surface area contributed by atoms with Crippen LogP contribution >= 0.6 is 0 Å². The molecule has 0 aliphatic heterocycles. The minimum atomic E-state index is -1.50. The van der Waals surface area contributed by atoms with Crippen LogP contribution in [0.25, 0.3) is 0 Å². The number of rotatable bonds is 4. The molecule has 4 aliphatic carbocycles. The Morgan fingerprint density at radius 2 is 1.84 bits per heavy atom. The lowest BCUT2D eigenvalue weighted by molar-refractivity contribution is -0.190. The van der Waals surface area contributed by atoms with Crippen molar-refractivity contribution in [3.8, 4) is 0 Å². The maximum atomic E-state index is 13.7. The molecule has 6 atom stereocenters. The van der Waals surface area contributed by atoms with E-state index < -0.39 is 40.8 Å². The highest BCUT2D eigenvalue weighted by molar-refractivity contribution is 5.97. The summed E-state index contributed by atoms with van der Waals surface area (Å²) in [6, 6.07) is 0. The number of ketones is 3. The van der Waals surface area contributed by atoms with E-state index in [2.05, 4.69) is 6.08 Å². The Hall–Kier alpha value is -2.57. The summed E-state index contributed by atoms with van der Waals surface area (Å²) >= 11 is 0. The second-order valence-corrected chi connectivity index (χ2v) is 10.2. The lowest BCUT2D eigenvalue weighted by atomic mass is 9.47. The molecule has 0 spiro atoms. The minimum absolute atomic E-state index is 0.0215. The monoisotopic (exact) mass is 442 g/mol. The molecule has 0 aromatic heterocycles.